The van der Waals surface area contributed by atoms with Crippen LogP contribution in [0.5, 0.6) is 0 Å². The van der Waals surface area contributed by atoms with E-state index in [1.165, 1.54) is 109 Å². The minimum absolute atomic E-state index is 0.176. The Balaban J connectivity index is 3.62. The third-order valence-corrected chi connectivity index (χ3v) is 10.2. The average molecular weight is 799 g/mol. The van der Waals surface area contributed by atoms with Crippen molar-refractivity contribution >= 4 is 11.9 Å². The highest BCUT2D eigenvalue weighted by atomic mass is 16.6. The third kappa shape index (κ3) is 42.7. The van der Waals surface area contributed by atoms with E-state index in [0.717, 1.165) is 38.0 Å². The van der Waals surface area contributed by atoms with Crippen LogP contribution in [0.25, 0.3) is 0 Å². The van der Waals surface area contributed by atoms with E-state index in [1.807, 2.05) is 48.6 Å². The minimum Gasteiger partial charge on any atom is -0.463 e. The number of allylic oxidation sites excluding steroid dienone is 8. The first-order valence-corrected chi connectivity index (χ1v) is 23.1. The second-order valence-electron chi connectivity index (χ2n) is 15.8. The lowest BCUT2D eigenvalue weighted by Gasteiger charge is -2.12. The second kappa shape index (κ2) is 42.9. The number of aliphatic hydroxyl groups excluding tert-OH is 3. The summed E-state index contributed by atoms with van der Waals surface area (Å²) in [6.07, 6.45) is 50.4. The van der Waals surface area contributed by atoms with Gasteiger partial charge in [0.2, 0.25) is 0 Å². The van der Waals surface area contributed by atoms with Crippen LogP contribution in [-0.4, -0.2) is 58.8 Å². The molecule has 0 aromatic carbocycles. The van der Waals surface area contributed by atoms with E-state index in [-0.39, 0.29) is 25.6 Å². The highest BCUT2D eigenvalue weighted by Crippen LogP contribution is 2.17. The molecule has 0 saturated heterocycles. The maximum Gasteiger partial charge on any atom is 0.305 e. The Kier molecular flexibility index (Phi) is 40.8. The molecule has 328 valence electrons. The SMILES string of the molecule is CC/C=C\C[C@@H](O)/C=C/C=C\C/C=C\C=C\[C@@H](O)/C=C\CCCC(=O)OC[C@H](O)COC(=O)CCCCCCCCCCCCCCCCCCCCC(C)CC. The number of carbonyl (C=O) groups excluding carboxylic acids is 2. The predicted molar refractivity (Wildman–Crippen MR) is 240 cm³/mol. The lowest BCUT2D eigenvalue weighted by atomic mass is 9.99. The van der Waals surface area contributed by atoms with Crippen molar-refractivity contribution in [2.45, 2.75) is 212 Å². The molecule has 0 radical (unpaired) electrons. The van der Waals surface area contributed by atoms with Crippen LogP contribution < -0.4 is 0 Å². The minimum atomic E-state index is -1.04. The number of unbranched alkanes of at least 4 members (excludes halogenated alkanes) is 18. The van der Waals surface area contributed by atoms with Gasteiger partial charge in [-0.15, -0.1) is 0 Å². The van der Waals surface area contributed by atoms with Gasteiger partial charge in [-0.25, -0.2) is 0 Å². The Morgan fingerprint density at radius 1 is 0.526 bits per heavy atom. The molecule has 0 aliphatic carbocycles. The molecule has 0 aromatic rings. The van der Waals surface area contributed by atoms with Gasteiger partial charge < -0.3 is 24.8 Å². The van der Waals surface area contributed by atoms with E-state index < -0.39 is 24.3 Å². The fourth-order valence-corrected chi connectivity index (χ4v) is 6.27. The normalized spacial score (nSPS) is 14.6. The number of ether oxygens (including phenoxy) is 2. The van der Waals surface area contributed by atoms with Crippen LogP contribution in [0.2, 0.25) is 0 Å². The Hall–Kier alpha value is -2.74. The molecule has 0 rings (SSSR count). The summed E-state index contributed by atoms with van der Waals surface area (Å²) in [7, 11) is 0. The van der Waals surface area contributed by atoms with E-state index in [4.69, 9.17) is 9.47 Å². The highest BCUT2D eigenvalue weighted by molar-refractivity contribution is 5.69. The Morgan fingerprint density at radius 3 is 1.51 bits per heavy atom. The Morgan fingerprint density at radius 2 is 1.00 bits per heavy atom. The number of esters is 2. The van der Waals surface area contributed by atoms with E-state index in [2.05, 4.69) is 20.8 Å². The van der Waals surface area contributed by atoms with Crippen molar-refractivity contribution in [3.63, 3.8) is 0 Å². The maximum absolute atomic E-state index is 12.0. The topological polar surface area (TPSA) is 113 Å². The van der Waals surface area contributed by atoms with Crippen molar-refractivity contribution in [1.82, 2.24) is 0 Å². The zero-order valence-corrected chi connectivity index (χ0v) is 36.7. The van der Waals surface area contributed by atoms with Gasteiger partial charge in [-0.2, -0.15) is 0 Å². The first kappa shape index (κ1) is 54.3. The van der Waals surface area contributed by atoms with Gasteiger partial charge in [-0.05, 0) is 44.4 Å². The highest BCUT2D eigenvalue weighted by Gasteiger charge is 2.12. The number of hydrogen-bond acceptors (Lipinski definition) is 7. The zero-order chi connectivity index (χ0) is 41.9. The molecule has 3 N–H and O–H groups in total. The fraction of sp³-hybridized carbons (Fsp3) is 0.720. The van der Waals surface area contributed by atoms with Crippen LogP contribution in [0.15, 0.2) is 72.9 Å². The molecule has 7 nitrogen and oxygen atoms in total. The number of carbonyl (C=O) groups is 2. The molecule has 0 bridgehead atoms. The van der Waals surface area contributed by atoms with Crippen LogP contribution in [0.1, 0.15) is 194 Å². The van der Waals surface area contributed by atoms with Crippen molar-refractivity contribution in [3.05, 3.63) is 72.9 Å². The molecule has 0 saturated carbocycles. The van der Waals surface area contributed by atoms with Crippen molar-refractivity contribution in [1.29, 1.82) is 0 Å². The molecule has 0 fully saturated rings. The molecule has 1 unspecified atom stereocenters. The predicted octanol–water partition coefficient (Wildman–Crippen LogP) is 12.7. The number of hydrogen-bond donors (Lipinski definition) is 3. The quantitative estimate of drug-likeness (QED) is 0.0245. The smallest absolute Gasteiger partial charge is 0.305 e. The monoisotopic (exact) mass is 799 g/mol. The molecule has 0 aliphatic rings. The van der Waals surface area contributed by atoms with Crippen LogP contribution in [0, 0.1) is 5.92 Å². The van der Waals surface area contributed by atoms with Crippen LogP contribution >= 0.6 is 0 Å². The summed E-state index contributed by atoms with van der Waals surface area (Å²) in [6, 6.07) is 0. The summed E-state index contributed by atoms with van der Waals surface area (Å²) >= 11 is 0. The molecule has 0 aromatic heterocycles. The van der Waals surface area contributed by atoms with Gasteiger partial charge in [-0.3, -0.25) is 9.59 Å². The standard InChI is InChI=1S/C50H86O7/c1-4-6-29-37-46(51)38-31-25-21-19-22-26-32-39-47(52)40-33-28-35-42-50(55)57-44-48(53)43-56-49(54)41-34-27-23-18-16-14-12-10-8-7-9-11-13-15-17-20-24-30-36-45(3)5-2/h6,21-22,25-26,29,31-33,38-40,45-48,51-53H,4-5,7-20,23-24,27-28,30,34-37,41-44H2,1-3H3/b25-21-,26-22-,29-6-,38-31+,39-32+,40-33-/t45?,46-,47-,48-/m1/s1. The number of aliphatic hydroxyl groups is 3. The first-order valence-electron chi connectivity index (χ1n) is 23.1. The van der Waals surface area contributed by atoms with Crippen LogP contribution in [0.4, 0.5) is 0 Å². The van der Waals surface area contributed by atoms with Gasteiger partial charge >= 0.3 is 11.9 Å². The van der Waals surface area contributed by atoms with Gasteiger partial charge in [0.05, 0.1) is 12.2 Å². The van der Waals surface area contributed by atoms with Crippen molar-refractivity contribution < 1.29 is 34.4 Å². The Labute approximate surface area is 349 Å². The summed E-state index contributed by atoms with van der Waals surface area (Å²) in [4.78, 5) is 24.0. The molecule has 0 amide bonds. The largest absolute Gasteiger partial charge is 0.463 e. The van der Waals surface area contributed by atoms with E-state index in [9.17, 15) is 24.9 Å². The first-order chi connectivity index (χ1) is 27.8. The molecular formula is C50H86O7. The summed E-state index contributed by atoms with van der Waals surface area (Å²) in [5.74, 6) is 0.165. The third-order valence-electron chi connectivity index (χ3n) is 10.2. The van der Waals surface area contributed by atoms with Gasteiger partial charge in [0.25, 0.3) is 0 Å². The Bertz CT molecular complexity index is 1090. The summed E-state index contributed by atoms with van der Waals surface area (Å²) < 4.78 is 10.3. The van der Waals surface area contributed by atoms with Gasteiger partial charge in [0, 0.05) is 12.8 Å². The van der Waals surface area contributed by atoms with Gasteiger partial charge in [0.1, 0.15) is 19.3 Å². The summed E-state index contributed by atoms with van der Waals surface area (Å²) in [5, 5.41) is 29.9. The molecule has 57 heavy (non-hydrogen) atoms. The maximum atomic E-state index is 12.0. The lowest BCUT2D eigenvalue weighted by Crippen LogP contribution is -2.25. The second-order valence-corrected chi connectivity index (χ2v) is 15.8. The van der Waals surface area contributed by atoms with Gasteiger partial charge in [0.15, 0.2) is 0 Å². The van der Waals surface area contributed by atoms with Crippen molar-refractivity contribution in [2.24, 2.45) is 5.92 Å². The fourth-order valence-electron chi connectivity index (χ4n) is 6.27. The molecule has 0 aliphatic heterocycles. The number of rotatable bonds is 40. The molecule has 7 heteroatoms. The molecule has 0 heterocycles. The van der Waals surface area contributed by atoms with E-state index in [0.29, 0.717) is 25.7 Å². The molecule has 0 spiro atoms. The zero-order valence-electron chi connectivity index (χ0n) is 36.7. The van der Waals surface area contributed by atoms with Crippen molar-refractivity contribution in [3.8, 4) is 0 Å². The summed E-state index contributed by atoms with van der Waals surface area (Å²) in [5.41, 5.74) is 0. The van der Waals surface area contributed by atoms with Gasteiger partial charge in [-0.1, -0.05) is 216 Å². The van der Waals surface area contributed by atoms with Crippen LogP contribution in [0.3, 0.4) is 0 Å². The lowest BCUT2D eigenvalue weighted by molar-refractivity contribution is -0.152. The van der Waals surface area contributed by atoms with E-state index in [1.54, 1.807) is 24.3 Å². The molecule has 4 atom stereocenters. The molecular weight excluding hydrogens is 713 g/mol. The van der Waals surface area contributed by atoms with Crippen molar-refractivity contribution in [2.75, 3.05) is 13.2 Å². The average Bonchev–Trinajstić information content (AvgIpc) is 3.20. The summed E-state index contributed by atoms with van der Waals surface area (Å²) in [6.45, 7) is 6.36. The van der Waals surface area contributed by atoms with Crippen LogP contribution in [-0.2, 0) is 19.1 Å². The van der Waals surface area contributed by atoms with E-state index >= 15 is 0 Å².